The van der Waals surface area contributed by atoms with Crippen LogP contribution in [0.3, 0.4) is 0 Å². The second-order valence-electron chi connectivity index (χ2n) is 9.45. The minimum Gasteiger partial charge on any atom is -0.475 e. The van der Waals surface area contributed by atoms with Gasteiger partial charge in [-0.15, -0.1) is 0 Å². The molecular formula is C25H25N7O6. The quantitative estimate of drug-likeness (QED) is 0.394. The zero-order valence-electron chi connectivity index (χ0n) is 21.0. The summed E-state index contributed by atoms with van der Waals surface area (Å²) in [6.07, 6.45) is 3.95. The Kier molecular flexibility index (Phi) is 6.59. The van der Waals surface area contributed by atoms with Crippen LogP contribution in [0.15, 0.2) is 41.2 Å². The highest BCUT2D eigenvalue weighted by atomic mass is 16.6. The highest BCUT2D eigenvalue weighted by Gasteiger charge is 2.21. The number of furan rings is 1. The van der Waals surface area contributed by atoms with Gasteiger partial charge in [0.25, 0.3) is 0 Å². The third-order valence-corrected chi connectivity index (χ3v) is 5.45. The number of carbonyl (C=O) groups is 2. The second kappa shape index (κ2) is 10.0. The molecule has 1 aliphatic rings. The number of rotatable bonds is 5. The number of hydrogen-bond acceptors (Lipinski definition) is 11. The SMILES string of the molecule is CC(C)(C)OC(=O)Nc1ncc(-c2nc(N3CCOCC3)c3ncc(-c4ccc(C(=O)O)o4)cc3n2)cn1. The molecule has 4 aromatic rings. The molecule has 5 heterocycles. The molecular weight excluding hydrogens is 494 g/mol. The number of aromatic nitrogens is 5. The van der Waals surface area contributed by atoms with Gasteiger partial charge in [-0.2, -0.15) is 0 Å². The fraction of sp³-hybridized carbons (Fsp3) is 0.320. The zero-order valence-corrected chi connectivity index (χ0v) is 21.0. The van der Waals surface area contributed by atoms with Crippen molar-refractivity contribution in [3.8, 4) is 22.7 Å². The molecule has 5 rings (SSSR count). The average Bonchev–Trinajstić information content (AvgIpc) is 3.38. The molecule has 1 amide bonds. The summed E-state index contributed by atoms with van der Waals surface area (Å²) < 4.78 is 16.2. The van der Waals surface area contributed by atoms with Crippen LogP contribution < -0.4 is 10.2 Å². The van der Waals surface area contributed by atoms with E-state index in [4.69, 9.17) is 18.9 Å². The van der Waals surface area contributed by atoms with Crippen molar-refractivity contribution in [3.63, 3.8) is 0 Å². The van der Waals surface area contributed by atoms with Gasteiger partial charge in [-0.25, -0.2) is 34.5 Å². The Morgan fingerprint density at radius 3 is 2.39 bits per heavy atom. The lowest BCUT2D eigenvalue weighted by Crippen LogP contribution is -2.37. The van der Waals surface area contributed by atoms with Crippen LogP contribution in [-0.2, 0) is 9.47 Å². The summed E-state index contributed by atoms with van der Waals surface area (Å²) in [5.41, 5.74) is 1.53. The standard InChI is InChI=1S/C25H25N7O6/c1-25(2,3)38-24(35)31-23-27-12-15(13-28-23)20-29-16-10-14(17-4-5-18(37-17)22(33)34)11-26-19(16)21(30-20)32-6-8-36-9-7-32/h4-5,10-13H,6-9H2,1-3H3,(H,33,34)(H,27,28,31,35). The first-order valence-corrected chi connectivity index (χ1v) is 11.8. The number of carboxylic acids is 1. The van der Waals surface area contributed by atoms with E-state index in [1.165, 1.54) is 18.5 Å². The van der Waals surface area contributed by atoms with E-state index in [0.29, 0.717) is 65.9 Å². The number of pyridine rings is 1. The molecule has 0 spiro atoms. The molecule has 0 radical (unpaired) electrons. The molecule has 4 aromatic heterocycles. The maximum absolute atomic E-state index is 12.0. The van der Waals surface area contributed by atoms with E-state index in [9.17, 15) is 14.7 Å². The zero-order chi connectivity index (χ0) is 26.9. The molecule has 13 nitrogen and oxygen atoms in total. The molecule has 2 N–H and O–H groups in total. The van der Waals surface area contributed by atoms with E-state index in [1.54, 1.807) is 39.1 Å². The van der Waals surface area contributed by atoms with Crippen LogP contribution in [0.1, 0.15) is 31.3 Å². The minimum atomic E-state index is -1.16. The summed E-state index contributed by atoms with van der Waals surface area (Å²) in [5.74, 6) is 0.0800. The summed E-state index contributed by atoms with van der Waals surface area (Å²) in [6, 6.07) is 4.72. The minimum absolute atomic E-state index is 0.0770. The number of anilines is 2. The Morgan fingerprint density at radius 2 is 1.74 bits per heavy atom. The highest BCUT2D eigenvalue weighted by Crippen LogP contribution is 2.30. The van der Waals surface area contributed by atoms with Crippen molar-refractivity contribution >= 4 is 34.9 Å². The van der Waals surface area contributed by atoms with Crippen molar-refractivity contribution in [1.82, 2.24) is 24.9 Å². The number of aromatic carboxylic acids is 1. The Morgan fingerprint density at radius 1 is 1.03 bits per heavy atom. The van der Waals surface area contributed by atoms with Crippen LogP contribution in [0.5, 0.6) is 0 Å². The van der Waals surface area contributed by atoms with Gasteiger partial charge in [-0.3, -0.25) is 5.32 Å². The van der Waals surface area contributed by atoms with Gasteiger partial charge in [0.15, 0.2) is 11.6 Å². The Labute approximate surface area is 216 Å². The van der Waals surface area contributed by atoms with Crippen LogP contribution in [0, 0.1) is 0 Å². The van der Waals surface area contributed by atoms with Crippen LogP contribution in [0.4, 0.5) is 16.6 Å². The van der Waals surface area contributed by atoms with Gasteiger partial charge < -0.3 is 23.9 Å². The maximum atomic E-state index is 12.0. The number of nitrogens with zero attached hydrogens (tertiary/aromatic N) is 6. The van der Waals surface area contributed by atoms with Crippen molar-refractivity contribution in [2.45, 2.75) is 26.4 Å². The molecule has 0 saturated carbocycles. The maximum Gasteiger partial charge on any atom is 0.414 e. The third kappa shape index (κ3) is 5.52. The van der Waals surface area contributed by atoms with E-state index in [2.05, 4.69) is 30.2 Å². The number of ether oxygens (including phenoxy) is 2. The molecule has 0 bridgehead atoms. The summed E-state index contributed by atoms with van der Waals surface area (Å²) in [6.45, 7) is 7.65. The lowest BCUT2D eigenvalue weighted by molar-refractivity contribution is 0.0631. The van der Waals surface area contributed by atoms with Crippen LogP contribution >= 0.6 is 0 Å². The molecule has 1 fully saturated rings. The van der Waals surface area contributed by atoms with Crippen molar-refractivity contribution in [2.75, 3.05) is 36.5 Å². The van der Waals surface area contributed by atoms with Crippen molar-refractivity contribution in [3.05, 3.63) is 42.5 Å². The number of carboxylic acid groups (broad SMARTS) is 1. The summed E-state index contributed by atoms with van der Waals surface area (Å²) in [4.78, 5) is 47.8. The van der Waals surface area contributed by atoms with Gasteiger partial charge in [0.2, 0.25) is 11.7 Å². The first-order chi connectivity index (χ1) is 18.2. The third-order valence-electron chi connectivity index (χ3n) is 5.45. The molecule has 13 heteroatoms. The molecule has 196 valence electrons. The van der Waals surface area contributed by atoms with E-state index in [-0.39, 0.29) is 11.7 Å². The Balaban J connectivity index is 1.51. The van der Waals surface area contributed by atoms with Crippen LogP contribution in [0.2, 0.25) is 0 Å². The number of hydrogen-bond donors (Lipinski definition) is 2. The number of carbonyl (C=O) groups excluding carboxylic acids is 1. The fourth-order valence-electron chi connectivity index (χ4n) is 3.77. The first-order valence-electron chi connectivity index (χ1n) is 11.8. The Hall–Kier alpha value is -4.65. The Bertz CT molecular complexity index is 1490. The normalized spacial score (nSPS) is 13.9. The monoisotopic (exact) mass is 519 g/mol. The molecule has 38 heavy (non-hydrogen) atoms. The molecule has 1 aliphatic heterocycles. The van der Waals surface area contributed by atoms with Crippen molar-refractivity contribution in [1.29, 1.82) is 0 Å². The van der Waals surface area contributed by atoms with E-state index >= 15 is 0 Å². The molecule has 0 atom stereocenters. The van der Waals surface area contributed by atoms with Gasteiger partial charge in [0.05, 0.1) is 24.3 Å². The second-order valence-corrected chi connectivity index (χ2v) is 9.45. The van der Waals surface area contributed by atoms with Gasteiger partial charge in [-0.05, 0) is 39.0 Å². The summed E-state index contributed by atoms with van der Waals surface area (Å²) >= 11 is 0. The van der Waals surface area contributed by atoms with Gasteiger partial charge in [0.1, 0.15) is 16.9 Å². The first kappa shape index (κ1) is 25.0. The topological polar surface area (TPSA) is 166 Å². The van der Waals surface area contributed by atoms with Gasteiger partial charge >= 0.3 is 12.1 Å². The predicted octanol–water partition coefficient (Wildman–Crippen LogP) is 3.62. The molecule has 1 saturated heterocycles. The number of nitrogens with one attached hydrogen (secondary N) is 1. The van der Waals surface area contributed by atoms with E-state index in [1.807, 2.05) is 0 Å². The smallest absolute Gasteiger partial charge is 0.414 e. The molecule has 0 aliphatic carbocycles. The molecule has 0 aromatic carbocycles. The van der Waals surface area contributed by atoms with Crippen LogP contribution in [-0.4, -0.2) is 74.0 Å². The summed E-state index contributed by atoms with van der Waals surface area (Å²) in [7, 11) is 0. The predicted molar refractivity (Wildman–Crippen MR) is 136 cm³/mol. The van der Waals surface area contributed by atoms with Crippen molar-refractivity contribution < 1.29 is 28.6 Å². The van der Waals surface area contributed by atoms with Crippen molar-refractivity contribution in [2.24, 2.45) is 0 Å². The largest absolute Gasteiger partial charge is 0.475 e. The number of morpholine rings is 1. The van der Waals surface area contributed by atoms with Gasteiger partial charge in [-0.1, -0.05) is 0 Å². The summed E-state index contributed by atoms with van der Waals surface area (Å²) in [5, 5.41) is 11.7. The number of amides is 1. The lowest BCUT2D eigenvalue weighted by Gasteiger charge is -2.28. The van der Waals surface area contributed by atoms with Gasteiger partial charge in [0, 0.05) is 37.2 Å². The fourth-order valence-corrected chi connectivity index (χ4v) is 3.77. The van der Waals surface area contributed by atoms with E-state index < -0.39 is 17.7 Å². The lowest BCUT2D eigenvalue weighted by atomic mass is 10.2. The van der Waals surface area contributed by atoms with Crippen LogP contribution in [0.25, 0.3) is 33.7 Å². The average molecular weight is 520 g/mol. The number of fused-ring (bicyclic) bond motifs is 1. The molecule has 0 unspecified atom stereocenters. The highest BCUT2D eigenvalue weighted by molar-refractivity contribution is 5.90. The van der Waals surface area contributed by atoms with E-state index in [0.717, 1.165) is 0 Å².